The SMILES string of the molecule is CC(C)CC(N)C(=O)N1CCCC1C(=O)NC(CC(=O)O)C(=O)NC(CC(=O)O)C(=O)O. The number of carbonyl (C=O) groups is 6. The summed E-state index contributed by atoms with van der Waals surface area (Å²) in [4.78, 5) is 72.2. The van der Waals surface area contributed by atoms with Gasteiger partial charge in [-0.1, -0.05) is 13.8 Å². The molecule has 0 aliphatic carbocycles. The minimum absolute atomic E-state index is 0.153. The topological polar surface area (TPSA) is 216 Å². The van der Waals surface area contributed by atoms with E-state index >= 15 is 0 Å². The Balaban J connectivity index is 2.93. The number of amides is 3. The molecule has 180 valence electrons. The molecule has 0 spiro atoms. The molecule has 1 rings (SSSR count). The molecule has 1 heterocycles. The molecule has 1 aliphatic heterocycles. The average Bonchev–Trinajstić information content (AvgIpc) is 3.14. The van der Waals surface area contributed by atoms with Crippen LogP contribution >= 0.6 is 0 Å². The van der Waals surface area contributed by atoms with Gasteiger partial charge in [-0.2, -0.15) is 0 Å². The van der Waals surface area contributed by atoms with Crippen LogP contribution in [0.25, 0.3) is 0 Å². The summed E-state index contributed by atoms with van der Waals surface area (Å²) in [7, 11) is 0. The number of carbonyl (C=O) groups excluding carboxylic acids is 3. The molecule has 4 atom stereocenters. The van der Waals surface area contributed by atoms with E-state index in [9.17, 15) is 28.8 Å². The molecular weight excluding hydrogens is 428 g/mol. The molecule has 0 saturated carbocycles. The number of nitrogens with one attached hydrogen (secondary N) is 2. The Bertz CT molecular complexity index is 755. The number of nitrogens with two attached hydrogens (primary N) is 1. The summed E-state index contributed by atoms with van der Waals surface area (Å²) >= 11 is 0. The lowest BCUT2D eigenvalue weighted by atomic mass is 10.0. The fourth-order valence-electron chi connectivity index (χ4n) is 3.42. The van der Waals surface area contributed by atoms with Gasteiger partial charge in [-0.3, -0.25) is 24.0 Å². The largest absolute Gasteiger partial charge is 0.481 e. The predicted molar refractivity (Wildman–Crippen MR) is 108 cm³/mol. The highest BCUT2D eigenvalue weighted by molar-refractivity contribution is 5.96. The van der Waals surface area contributed by atoms with Crippen molar-refractivity contribution in [3.63, 3.8) is 0 Å². The van der Waals surface area contributed by atoms with Gasteiger partial charge in [0.1, 0.15) is 18.1 Å². The average molecular weight is 458 g/mol. The van der Waals surface area contributed by atoms with E-state index in [1.165, 1.54) is 4.90 Å². The van der Waals surface area contributed by atoms with Crippen LogP contribution in [-0.2, 0) is 28.8 Å². The van der Waals surface area contributed by atoms with E-state index in [4.69, 9.17) is 21.1 Å². The van der Waals surface area contributed by atoms with Crippen LogP contribution in [0.1, 0.15) is 46.0 Å². The van der Waals surface area contributed by atoms with Gasteiger partial charge in [0.2, 0.25) is 17.7 Å². The van der Waals surface area contributed by atoms with Crippen molar-refractivity contribution in [2.75, 3.05) is 6.54 Å². The minimum atomic E-state index is -1.81. The first-order chi connectivity index (χ1) is 14.8. The second-order valence-electron chi connectivity index (χ2n) is 8.08. The number of rotatable bonds is 12. The molecule has 3 amide bonds. The molecule has 0 aromatic rings. The molecule has 0 aromatic heterocycles. The highest BCUT2D eigenvalue weighted by atomic mass is 16.4. The number of hydrogen-bond acceptors (Lipinski definition) is 7. The van der Waals surface area contributed by atoms with Gasteiger partial charge in [-0.15, -0.1) is 0 Å². The molecule has 4 unspecified atom stereocenters. The number of hydrogen-bond donors (Lipinski definition) is 6. The first kappa shape index (κ1) is 26.8. The van der Waals surface area contributed by atoms with Gasteiger partial charge in [-0.25, -0.2) is 4.79 Å². The Morgan fingerprint density at radius 2 is 1.53 bits per heavy atom. The molecule has 13 nitrogen and oxygen atoms in total. The van der Waals surface area contributed by atoms with Gasteiger partial charge >= 0.3 is 17.9 Å². The molecule has 0 bridgehead atoms. The van der Waals surface area contributed by atoms with Crippen LogP contribution in [0.15, 0.2) is 0 Å². The van der Waals surface area contributed by atoms with Crippen molar-refractivity contribution < 1.29 is 44.1 Å². The third-order valence-electron chi connectivity index (χ3n) is 4.89. The maximum absolute atomic E-state index is 12.8. The summed E-state index contributed by atoms with van der Waals surface area (Å²) in [5.41, 5.74) is 5.93. The van der Waals surface area contributed by atoms with E-state index < -0.39 is 72.6 Å². The van der Waals surface area contributed by atoms with Crippen LogP contribution in [0.4, 0.5) is 0 Å². The summed E-state index contributed by atoms with van der Waals surface area (Å²) in [6.45, 7) is 4.06. The number of carboxylic acid groups (broad SMARTS) is 3. The lowest BCUT2D eigenvalue weighted by Crippen LogP contribution is -2.57. The first-order valence-corrected chi connectivity index (χ1v) is 10.2. The van der Waals surface area contributed by atoms with E-state index in [2.05, 4.69) is 5.32 Å². The van der Waals surface area contributed by atoms with E-state index in [1.54, 1.807) is 0 Å². The van der Waals surface area contributed by atoms with E-state index in [1.807, 2.05) is 19.2 Å². The monoisotopic (exact) mass is 458 g/mol. The maximum atomic E-state index is 12.8. The van der Waals surface area contributed by atoms with Crippen molar-refractivity contribution in [2.45, 2.75) is 70.1 Å². The Morgan fingerprint density at radius 3 is 2.03 bits per heavy atom. The molecule has 1 saturated heterocycles. The Labute approximate surface area is 184 Å². The van der Waals surface area contributed by atoms with Gasteiger partial charge in [0, 0.05) is 6.54 Å². The predicted octanol–water partition coefficient (Wildman–Crippen LogP) is -1.65. The molecule has 1 fully saturated rings. The van der Waals surface area contributed by atoms with Crippen LogP contribution in [0.3, 0.4) is 0 Å². The van der Waals surface area contributed by atoms with Crippen molar-refractivity contribution >= 4 is 35.6 Å². The van der Waals surface area contributed by atoms with Crippen LogP contribution in [0.2, 0.25) is 0 Å². The summed E-state index contributed by atoms with van der Waals surface area (Å²) in [5.74, 6) is -6.79. The molecule has 32 heavy (non-hydrogen) atoms. The Kier molecular flexibility index (Phi) is 10.0. The van der Waals surface area contributed by atoms with Gasteiger partial charge in [0.15, 0.2) is 0 Å². The van der Waals surface area contributed by atoms with Gasteiger partial charge < -0.3 is 36.6 Å². The fourth-order valence-corrected chi connectivity index (χ4v) is 3.42. The third kappa shape index (κ3) is 8.13. The summed E-state index contributed by atoms with van der Waals surface area (Å²) in [6, 6.07) is -5.25. The normalized spacial score (nSPS) is 18.5. The minimum Gasteiger partial charge on any atom is -0.481 e. The fraction of sp³-hybridized carbons (Fsp3) is 0.684. The zero-order valence-electron chi connectivity index (χ0n) is 17.9. The number of likely N-dealkylation sites (tertiary alicyclic amines) is 1. The third-order valence-corrected chi connectivity index (χ3v) is 4.89. The van der Waals surface area contributed by atoms with E-state index in [0.29, 0.717) is 12.8 Å². The summed E-state index contributed by atoms with van der Waals surface area (Å²) in [6.07, 6.45) is -0.607. The maximum Gasteiger partial charge on any atom is 0.326 e. The number of aliphatic carboxylic acids is 3. The number of nitrogens with zero attached hydrogens (tertiary/aromatic N) is 1. The zero-order valence-corrected chi connectivity index (χ0v) is 17.9. The summed E-state index contributed by atoms with van der Waals surface area (Å²) < 4.78 is 0. The van der Waals surface area contributed by atoms with Crippen molar-refractivity contribution in [1.29, 1.82) is 0 Å². The van der Waals surface area contributed by atoms with Gasteiger partial charge in [0.05, 0.1) is 18.9 Å². The quantitative estimate of drug-likeness (QED) is 0.196. The smallest absolute Gasteiger partial charge is 0.326 e. The zero-order chi connectivity index (χ0) is 24.6. The highest BCUT2D eigenvalue weighted by Crippen LogP contribution is 2.20. The van der Waals surface area contributed by atoms with Crippen LogP contribution in [0, 0.1) is 5.92 Å². The first-order valence-electron chi connectivity index (χ1n) is 10.2. The van der Waals surface area contributed by atoms with Crippen LogP contribution in [-0.4, -0.2) is 86.6 Å². The lowest BCUT2D eigenvalue weighted by Gasteiger charge is -2.28. The van der Waals surface area contributed by atoms with Crippen LogP contribution < -0.4 is 16.4 Å². The second kappa shape index (κ2) is 12.0. The molecule has 1 aliphatic rings. The Hall–Kier alpha value is -3.22. The molecule has 0 aromatic carbocycles. The van der Waals surface area contributed by atoms with Crippen molar-refractivity contribution in [3.05, 3.63) is 0 Å². The van der Waals surface area contributed by atoms with Crippen LogP contribution in [0.5, 0.6) is 0 Å². The summed E-state index contributed by atoms with van der Waals surface area (Å²) in [5, 5.41) is 31.1. The standard InChI is InChI=1S/C19H30N4O9/c1-9(2)6-10(20)18(30)23-5-3-4-13(23)17(29)21-11(7-14(24)25)16(28)22-12(19(31)32)8-15(26)27/h9-13H,3-8,20H2,1-2H3,(H,21,29)(H,22,28)(H,24,25)(H,26,27)(H,31,32). The lowest BCUT2D eigenvalue weighted by molar-refractivity contribution is -0.148. The van der Waals surface area contributed by atoms with Gasteiger partial charge in [-0.05, 0) is 25.2 Å². The molecular formula is C19H30N4O9. The van der Waals surface area contributed by atoms with Crippen molar-refractivity contribution in [3.8, 4) is 0 Å². The number of carboxylic acids is 3. The van der Waals surface area contributed by atoms with Crippen molar-refractivity contribution in [2.24, 2.45) is 11.7 Å². The van der Waals surface area contributed by atoms with E-state index in [0.717, 1.165) is 0 Å². The second-order valence-corrected chi connectivity index (χ2v) is 8.08. The highest BCUT2D eigenvalue weighted by Gasteiger charge is 2.38. The van der Waals surface area contributed by atoms with Crippen molar-refractivity contribution in [1.82, 2.24) is 15.5 Å². The Morgan fingerprint density at radius 1 is 0.969 bits per heavy atom. The van der Waals surface area contributed by atoms with E-state index in [-0.39, 0.29) is 18.9 Å². The molecule has 13 heteroatoms. The van der Waals surface area contributed by atoms with Gasteiger partial charge in [0.25, 0.3) is 0 Å². The molecule has 7 N–H and O–H groups in total. The molecule has 0 radical (unpaired) electrons.